The lowest BCUT2D eigenvalue weighted by atomic mass is 10.2. The van der Waals surface area contributed by atoms with Gasteiger partial charge in [-0.1, -0.05) is 23.7 Å². The third-order valence-electron chi connectivity index (χ3n) is 4.22. The normalized spacial score (nSPS) is 11.1. The molecule has 0 N–H and O–H groups in total. The minimum absolute atomic E-state index is 0.0396. The van der Waals surface area contributed by atoms with Crippen molar-refractivity contribution in [1.82, 2.24) is 14.8 Å². The minimum atomic E-state index is 0.0396. The number of nitrogens with zero attached hydrogens (tertiary/aromatic N) is 3. The smallest absolute Gasteiger partial charge is 0.236 e. The van der Waals surface area contributed by atoms with E-state index >= 15 is 0 Å². The van der Waals surface area contributed by atoms with Gasteiger partial charge in [0.25, 0.3) is 0 Å². The first-order valence-electron chi connectivity index (χ1n) is 8.55. The highest BCUT2D eigenvalue weighted by Crippen LogP contribution is 2.24. The van der Waals surface area contributed by atoms with Crippen LogP contribution in [0.2, 0.25) is 5.02 Å². The largest absolute Gasteiger partial charge is 0.496 e. The number of rotatable bonds is 7. The quantitative estimate of drug-likeness (QED) is 0.597. The van der Waals surface area contributed by atoms with Gasteiger partial charge in [-0.15, -0.1) is 11.3 Å². The lowest BCUT2D eigenvalue weighted by Crippen LogP contribution is -2.36. The van der Waals surface area contributed by atoms with Crippen LogP contribution in [-0.2, 0) is 17.9 Å². The monoisotopic (exact) mass is 403 g/mol. The van der Waals surface area contributed by atoms with Crippen LogP contribution in [0.15, 0.2) is 42.5 Å². The fourth-order valence-electron chi connectivity index (χ4n) is 2.85. The summed E-state index contributed by atoms with van der Waals surface area (Å²) < 4.78 is 6.51. The Kier molecular flexibility index (Phi) is 6.31. The Morgan fingerprint density at radius 1 is 1.19 bits per heavy atom. The summed E-state index contributed by atoms with van der Waals surface area (Å²) in [6.45, 7) is 1.38. The van der Waals surface area contributed by atoms with Crippen LogP contribution in [0.3, 0.4) is 0 Å². The molecule has 0 radical (unpaired) electrons. The van der Waals surface area contributed by atoms with Crippen molar-refractivity contribution in [2.75, 3.05) is 27.7 Å². The first kappa shape index (κ1) is 19.6. The van der Waals surface area contributed by atoms with Crippen molar-refractivity contribution in [2.24, 2.45) is 0 Å². The van der Waals surface area contributed by atoms with Crippen molar-refractivity contribution in [2.45, 2.75) is 13.1 Å². The summed E-state index contributed by atoms with van der Waals surface area (Å²) in [5.41, 5.74) is 1.93. The Balaban J connectivity index is 1.59. The molecular weight excluding hydrogens is 382 g/mol. The molecule has 0 fully saturated rings. The number of methoxy groups -OCH3 is 1. The summed E-state index contributed by atoms with van der Waals surface area (Å²) in [4.78, 5) is 20.8. The van der Waals surface area contributed by atoms with Crippen LogP contribution in [0.1, 0.15) is 10.6 Å². The van der Waals surface area contributed by atoms with E-state index in [9.17, 15) is 4.79 Å². The zero-order chi connectivity index (χ0) is 19.4. The second-order valence-corrected chi connectivity index (χ2v) is 8.01. The molecule has 1 heterocycles. The van der Waals surface area contributed by atoms with Gasteiger partial charge in [-0.05, 0) is 37.4 Å². The van der Waals surface area contributed by atoms with Gasteiger partial charge in [0.2, 0.25) is 5.91 Å². The Labute approximate surface area is 168 Å². The van der Waals surface area contributed by atoms with Crippen LogP contribution in [0.25, 0.3) is 10.2 Å². The molecule has 5 nitrogen and oxygen atoms in total. The number of halogens is 1. The zero-order valence-corrected chi connectivity index (χ0v) is 17.2. The van der Waals surface area contributed by atoms with E-state index in [2.05, 4.69) is 4.98 Å². The van der Waals surface area contributed by atoms with E-state index < -0.39 is 0 Å². The highest BCUT2D eigenvalue weighted by atomic mass is 35.5. The molecule has 0 atom stereocenters. The Bertz CT molecular complexity index is 911. The van der Waals surface area contributed by atoms with Gasteiger partial charge in [-0.3, -0.25) is 9.69 Å². The maximum absolute atomic E-state index is 12.6. The van der Waals surface area contributed by atoms with Crippen molar-refractivity contribution in [1.29, 1.82) is 0 Å². The van der Waals surface area contributed by atoms with Crippen LogP contribution < -0.4 is 4.74 Å². The molecule has 1 amide bonds. The summed E-state index contributed by atoms with van der Waals surface area (Å²) in [7, 11) is 5.34. The van der Waals surface area contributed by atoms with Gasteiger partial charge in [0.15, 0.2) is 0 Å². The predicted molar refractivity (Wildman–Crippen MR) is 110 cm³/mol. The molecule has 2 aromatic carbocycles. The Morgan fingerprint density at radius 3 is 2.70 bits per heavy atom. The SMILES string of the molecule is COc1ccc(Cl)cc1CN(C)CC(=O)N(C)Cc1nc2ccccc2s1. The number of carbonyl (C=O) groups is 1. The Hall–Kier alpha value is -2.15. The maximum Gasteiger partial charge on any atom is 0.236 e. The number of amides is 1. The fraction of sp³-hybridized carbons (Fsp3) is 0.300. The summed E-state index contributed by atoms with van der Waals surface area (Å²) in [5, 5.41) is 1.59. The predicted octanol–water partition coefficient (Wildman–Crippen LogP) is 4.05. The molecule has 0 spiro atoms. The number of hydrogen-bond acceptors (Lipinski definition) is 5. The number of hydrogen-bond donors (Lipinski definition) is 0. The summed E-state index contributed by atoms with van der Waals surface area (Å²) in [6, 6.07) is 13.5. The molecule has 0 aliphatic carbocycles. The molecular formula is C20H22ClN3O2S. The first-order valence-corrected chi connectivity index (χ1v) is 9.75. The fourth-order valence-corrected chi connectivity index (χ4v) is 4.06. The van der Waals surface area contributed by atoms with Crippen LogP contribution in [-0.4, -0.2) is 48.4 Å². The van der Waals surface area contributed by atoms with Crippen LogP contribution in [0.4, 0.5) is 0 Å². The van der Waals surface area contributed by atoms with Gasteiger partial charge in [0.05, 0.1) is 30.4 Å². The van der Waals surface area contributed by atoms with Crippen molar-refractivity contribution in [3.05, 3.63) is 58.1 Å². The van der Waals surface area contributed by atoms with E-state index in [4.69, 9.17) is 16.3 Å². The highest BCUT2D eigenvalue weighted by molar-refractivity contribution is 7.18. The average molecular weight is 404 g/mol. The van der Waals surface area contributed by atoms with Gasteiger partial charge in [-0.2, -0.15) is 0 Å². The van der Waals surface area contributed by atoms with Crippen molar-refractivity contribution in [3.8, 4) is 5.75 Å². The van der Waals surface area contributed by atoms with E-state index in [0.29, 0.717) is 24.7 Å². The Morgan fingerprint density at radius 2 is 1.96 bits per heavy atom. The topological polar surface area (TPSA) is 45.7 Å². The van der Waals surface area contributed by atoms with Gasteiger partial charge < -0.3 is 9.64 Å². The zero-order valence-electron chi connectivity index (χ0n) is 15.6. The van der Waals surface area contributed by atoms with Crippen molar-refractivity contribution < 1.29 is 9.53 Å². The molecule has 0 bridgehead atoms. The number of thiazole rings is 1. The summed E-state index contributed by atoms with van der Waals surface area (Å²) >= 11 is 7.70. The van der Waals surface area contributed by atoms with Crippen LogP contribution >= 0.6 is 22.9 Å². The summed E-state index contributed by atoms with van der Waals surface area (Å²) in [5.74, 6) is 0.805. The number of benzene rings is 2. The highest BCUT2D eigenvalue weighted by Gasteiger charge is 2.15. The van der Waals surface area contributed by atoms with Crippen molar-refractivity contribution in [3.63, 3.8) is 0 Å². The first-order chi connectivity index (χ1) is 13.0. The van der Waals surface area contributed by atoms with Crippen molar-refractivity contribution >= 4 is 39.1 Å². The second kappa shape index (κ2) is 8.69. The average Bonchev–Trinajstić information content (AvgIpc) is 3.04. The summed E-state index contributed by atoms with van der Waals surface area (Å²) in [6.07, 6.45) is 0. The van der Waals surface area contributed by atoms with Gasteiger partial charge in [-0.25, -0.2) is 4.98 Å². The van der Waals surface area contributed by atoms with E-state index in [-0.39, 0.29) is 5.91 Å². The third kappa shape index (κ3) is 4.97. The minimum Gasteiger partial charge on any atom is -0.496 e. The van der Waals surface area contributed by atoms with E-state index in [0.717, 1.165) is 26.5 Å². The number of fused-ring (bicyclic) bond motifs is 1. The molecule has 0 saturated carbocycles. The second-order valence-electron chi connectivity index (χ2n) is 6.45. The molecule has 0 unspecified atom stereocenters. The number of likely N-dealkylation sites (N-methyl/N-ethyl adjacent to an activating group) is 2. The molecule has 7 heteroatoms. The van der Waals surface area contributed by atoms with E-state index in [1.807, 2.05) is 55.4 Å². The van der Waals surface area contributed by atoms with E-state index in [1.54, 1.807) is 29.4 Å². The van der Waals surface area contributed by atoms with Gasteiger partial charge in [0.1, 0.15) is 10.8 Å². The van der Waals surface area contributed by atoms with Crippen LogP contribution in [0, 0.1) is 0 Å². The number of ether oxygens (including phenoxy) is 1. The molecule has 0 aliphatic rings. The lowest BCUT2D eigenvalue weighted by Gasteiger charge is -2.22. The number of aromatic nitrogens is 1. The standard InChI is InChI=1S/C20H22ClN3O2S/c1-23(11-14-10-15(21)8-9-17(14)26-3)13-20(25)24(2)12-19-22-16-6-4-5-7-18(16)27-19/h4-10H,11-13H2,1-3H3. The van der Waals surface area contributed by atoms with E-state index in [1.165, 1.54) is 0 Å². The number of para-hydroxylation sites is 1. The molecule has 3 rings (SSSR count). The van der Waals surface area contributed by atoms with Gasteiger partial charge >= 0.3 is 0 Å². The lowest BCUT2D eigenvalue weighted by molar-refractivity contribution is -0.131. The molecule has 1 aromatic heterocycles. The third-order valence-corrected chi connectivity index (χ3v) is 5.48. The molecule has 0 saturated heterocycles. The molecule has 0 aliphatic heterocycles. The molecule has 142 valence electrons. The van der Waals surface area contributed by atoms with Gasteiger partial charge in [0, 0.05) is 24.2 Å². The molecule has 27 heavy (non-hydrogen) atoms. The maximum atomic E-state index is 12.6. The molecule has 3 aromatic rings. The van der Waals surface area contributed by atoms with Crippen LogP contribution in [0.5, 0.6) is 5.75 Å². The number of carbonyl (C=O) groups excluding carboxylic acids is 1.